The van der Waals surface area contributed by atoms with Gasteiger partial charge in [0.1, 0.15) is 11.6 Å². The van der Waals surface area contributed by atoms with E-state index >= 15 is 0 Å². The highest BCUT2D eigenvalue weighted by Gasteiger charge is 2.15. The van der Waals surface area contributed by atoms with Gasteiger partial charge in [-0.15, -0.1) is 0 Å². The number of halogens is 2. The molecule has 0 saturated carbocycles. The molecule has 3 N–H and O–H groups in total. The van der Waals surface area contributed by atoms with Crippen molar-refractivity contribution in [1.29, 1.82) is 0 Å². The van der Waals surface area contributed by atoms with Crippen LogP contribution in [0.25, 0.3) is 0 Å². The molecule has 1 aromatic heterocycles. The normalized spacial score (nSPS) is 10.1. The second-order valence-electron chi connectivity index (χ2n) is 3.40. The van der Waals surface area contributed by atoms with Crippen molar-refractivity contribution in [2.24, 2.45) is 0 Å². The maximum atomic E-state index is 13.4. The number of hydrogen-bond acceptors (Lipinski definition) is 4. The van der Waals surface area contributed by atoms with E-state index < -0.39 is 17.5 Å². The molecule has 1 heterocycles. The summed E-state index contributed by atoms with van der Waals surface area (Å²) in [5, 5.41) is 2.32. The Hall–Kier alpha value is -2.57. The number of nitrogen functional groups attached to an aromatic ring is 1. The number of nitrogens with one attached hydrogen (secondary N) is 1. The van der Waals surface area contributed by atoms with E-state index in [9.17, 15) is 13.6 Å². The molecule has 0 bridgehead atoms. The maximum Gasteiger partial charge on any atom is 0.259 e. The Morgan fingerprint density at radius 1 is 1.22 bits per heavy atom. The molecule has 0 aliphatic heterocycles. The molecule has 0 spiro atoms. The van der Waals surface area contributed by atoms with Crippen LogP contribution in [0.5, 0.6) is 0 Å². The fourth-order valence-electron chi connectivity index (χ4n) is 1.29. The van der Waals surface area contributed by atoms with E-state index in [4.69, 9.17) is 5.73 Å². The zero-order chi connectivity index (χ0) is 13.1. The van der Waals surface area contributed by atoms with Crippen molar-refractivity contribution in [3.05, 3.63) is 47.9 Å². The Balaban J connectivity index is 2.27. The molecule has 92 valence electrons. The summed E-state index contributed by atoms with van der Waals surface area (Å²) in [7, 11) is 0. The van der Waals surface area contributed by atoms with Gasteiger partial charge in [0.25, 0.3) is 5.91 Å². The SMILES string of the molecule is Nc1cc(C(=O)Nc2cnccn2)c(F)cc1F. The lowest BCUT2D eigenvalue weighted by molar-refractivity contribution is 0.102. The molecule has 7 heteroatoms. The highest BCUT2D eigenvalue weighted by atomic mass is 19.1. The second-order valence-corrected chi connectivity index (χ2v) is 3.40. The third-order valence-electron chi connectivity index (χ3n) is 2.14. The highest BCUT2D eigenvalue weighted by Crippen LogP contribution is 2.17. The quantitative estimate of drug-likeness (QED) is 0.793. The summed E-state index contributed by atoms with van der Waals surface area (Å²) < 4.78 is 26.3. The first-order chi connectivity index (χ1) is 8.58. The standard InChI is InChI=1S/C11H8F2N4O/c12-7-4-8(13)9(14)3-6(7)11(18)17-10-5-15-1-2-16-10/h1-5H,14H2,(H,16,17,18). The van der Waals surface area contributed by atoms with Gasteiger partial charge in [0.2, 0.25) is 0 Å². The summed E-state index contributed by atoms with van der Waals surface area (Å²) in [6.07, 6.45) is 4.08. The van der Waals surface area contributed by atoms with Crippen LogP contribution < -0.4 is 11.1 Å². The Morgan fingerprint density at radius 2 is 2.00 bits per heavy atom. The molecule has 0 unspecified atom stereocenters. The van der Waals surface area contributed by atoms with Gasteiger partial charge in [0.05, 0.1) is 17.4 Å². The van der Waals surface area contributed by atoms with Crippen LogP contribution in [0.3, 0.4) is 0 Å². The summed E-state index contributed by atoms with van der Waals surface area (Å²) in [5.74, 6) is -2.53. The first-order valence-electron chi connectivity index (χ1n) is 4.90. The summed E-state index contributed by atoms with van der Waals surface area (Å²) in [6.45, 7) is 0. The number of benzene rings is 1. The summed E-state index contributed by atoms with van der Waals surface area (Å²) >= 11 is 0. The Morgan fingerprint density at radius 3 is 2.67 bits per heavy atom. The third-order valence-corrected chi connectivity index (χ3v) is 2.14. The van der Waals surface area contributed by atoms with Gasteiger partial charge in [-0.05, 0) is 6.07 Å². The Kier molecular flexibility index (Phi) is 3.13. The van der Waals surface area contributed by atoms with Gasteiger partial charge in [-0.1, -0.05) is 0 Å². The molecule has 0 fully saturated rings. The number of hydrogen-bond donors (Lipinski definition) is 2. The molecule has 0 atom stereocenters. The lowest BCUT2D eigenvalue weighted by Gasteiger charge is -2.06. The fraction of sp³-hybridized carbons (Fsp3) is 0. The van der Waals surface area contributed by atoms with Crippen LogP contribution in [0, 0.1) is 11.6 Å². The number of nitrogens with two attached hydrogens (primary N) is 1. The van der Waals surface area contributed by atoms with E-state index in [1.807, 2.05) is 0 Å². The average Bonchev–Trinajstić information content (AvgIpc) is 2.35. The van der Waals surface area contributed by atoms with Crippen molar-refractivity contribution in [2.75, 3.05) is 11.1 Å². The highest BCUT2D eigenvalue weighted by molar-refractivity contribution is 6.04. The molecular weight excluding hydrogens is 242 g/mol. The number of carbonyl (C=O) groups is 1. The molecule has 1 amide bonds. The lowest BCUT2D eigenvalue weighted by atomic mass is 10.1. The predicted octanol–water partition coefficient (Wildman–Crippen LogP) is 1.59. The van der Waals surface area contributed by atoms with Gasteiger partial charge < -0.3 is 11.1 Å². The van der Waals surface area contributed by atoms with Crippen molar-refractivity contribution in [3.63, 3.8) is 0 Å². The van der Waals surface area contributed by atoms with Crippen LogP contribution >= 0.6 is 0 Å². The molecule has 5 nitrogen and oxygen atoms in total. The number of aromatic nitrogens is 2. The zero-order valence-electron chi connectivity index (χ0n) is 9.02. The summed E-state index contributed by atoms with van der Waals surface area (Å²) in [4.78, 5) is 19.2. The van der Waals surface area contributed by atoms with Gasteiger partial charge in [-0.2, -0.15) is 0 Å². The molecular formula is C11H8F2N4O. The minimum Gasteiger partial charge on any atom is -0.396 e. The smallest absolute Gasteiger partial charge is 0.259 e. The van der Waals surface area contributed by atoms with Gasteiger partial charge in [-0.3, -0.25) is 9.78 Å². The van der Waals surface area contributed by atoms with Crippen LogP contribution in [-0.2, 0) is 0 Å². The van der Waals surface area contributed by atoms with Crippen LogP contribution in [0.4, 0.5) is 20.3 Å². The second kappa shape index (κ2) is 4.74. The lowest BCUT2D eigenvalue weighted by Crippen LogP contribution is -2.15. The molecule has 0 aliphatic rings. The van der Waals surface area contributed by atoms with E-state index in [1.54, 1.807) is 0 Å². The fourth-order valence-corrected chi connectivity index (χ4v) is 1.29. The molecule has 0 aliphatic carbocycles. The van der Waals surface area contributed by atoms with E-state index in [2.05, 4.69) is 15.3 Å². The van der Waals surface area contributed by atoms with Gasteiger partial charge in [0.15, 0.2) is 5.82 Å². The minimum atomic E-state index is -0.997. The van der Waals surface area contributed by atoms with E-state index in [-0.39, 0.29) is 17.1 Å². The van der Waals surface area contributed by atoms with Crippen LogP contribution in [0.15, 0.2) is 30.7 Å². The van der Waals surface area contributed by atoms with Crippen LogP contribution in [0.2, 0.25) is 0 Å². The van der Waals surface area contributed by atoms with Crippen molar-refractivity contribution < 1.29 is 13.6 Å². The Labute approximate surface area is 101 Å². The third kappa shape index (κ3) is 2.40. The van der Waals surface area contributed by atoms with Crippen molar-refractivity contribution in [3.8, 4) is 0 Å². The Bertz CT molecular complexity index is 589. The molecule has 0 saturated heterocycles. The molecule has 2 rings (SSSR count). The monoisotopic (exact) mass is 250 g/mol. The number of rotatable bonds is 2. The first-order valence-corrected chi connectivity index (χ1v) is 4.90. The predicted molar refractivity (Wildman–Crippen MR) is 60.8 cm³/mol. The topological polar surface area (TPSA) is 80.9 Å². The van der Waals surface area contributed by atoms with Gasteiger partial charge in [0, 0.05) is 18.5 Å². The van der Waals surface area contributed by atoms with Crippen LogP contribution in [0.1, 0.15) is 10.4 Å². The number of nitrogens with zero attached hydrogens (tertiary/aromatic N) is 2. The largest absolute Gasteiger partial charge is 0.396 e. The van der Waals surface area contributed by atoms with Crippen molar-refractivity contribution >= 4 is 17.4 Å². The van der Waals surface area contributed by atoms with E-state index in [0.717, 1.165) is 6.07 Å². The number of anilines is 2. The van der Waals surface area contributed by atoms with Crippen molar-refractivity contribution in [1.82, 2.24) is 9.97 Å². The number of amides is 1. The molecule has 0 radical (unpaired) electrons. The molecule has 1 aromatic carbocycles. The van der Waals surface area contributed by atoms with E-state index in [0.29, 0.717) is 6.07 Å². The number of carbonyl (C=O) groups excluding carboxylic acids is 1. The van der Waals surface area contributed by atoms with Crippen LogP contribution in [-0.4, -0.2) is 15.9 Å². The zero-order valence-corrected chi connectivity index (χ0v) is 9.02. The van der Waals surface area contributed by atoms with E-state index in [1.165, 1.54) is 18.6 Å². The summed E-state index contributed by atoms with van der Waals surface area (Å²) in [6, 6.07) is 1.48. The summed E-state index contributed by atoms with van der Waals surface area (Å²) in [5.41, 5.74) is 4.60. The first kappa shape index (κ1) is 11.9. The minimum absolute atomic E-state index is 0.157. The maximum absolute atomic E-state index is 13.4. The molecule has 2 aromatic rings. The van der Waals surface area contributed by atoms with Crippen molar-refractivity contribution in [2.45, 2.75) is 0 Å². The van der Waals surface area contributed by atoms with Gasteiger partial charge in [-0.25, -0.2) is 13.8 Å². The molecule has 18 heavy (non-hydrogen) atoms. The van der Waals surface area contributed by atoms with Gasteiger partial charge >= 0.3 is 0 Å². The average molecular weight is 250 g/mol.